The van der Waals surface area contributed by atoms with Crippen molar-refractivity contribution < 1.29 is 4.79 Å². The second kappa shape index (κ2) is 11.4. The molecule has 0 bridgehead atoms. The molecule has 0 saturated heterocycles. The molecule has 6 nitrogen and oxygen atoms in total. The van der Waals surface area contributed by atoms with Crippen LogP contribution in [0.25, 0.3) is 0 Å². The maximum Gasteiger partial charge on any atom is 0.242 e. The first-order valence-corrected chi connectivity index (χ1v) is 9.46. The van der Waals surface area contributed by atoms with Crippen molar-refractivity contribution in [1.29, 1.82) is 0 Å². The van der Waals surface area contributed by atoms with Gasteiger partial charge in [-0.25, -0.2) is 0 Å². The van der Waals surface area contributed by atoms with Crippen LogP contribution in [0.1, 0.15) is 26.3 Å². The lowest BCUT2D eigenvalue weighted by molar-refractivity contribution is -0.131. The summed E-state index contributed by atoms with van der Waals surface area (Å²) in [5, 5.41) is 3.27. The van der Waals surface area contributed by atoms with E-state index in [0.717, 1.165) is 32.0 Å². The first-order valence-electron chi connectivity index (χ1n) is 9.46. The Morgan fingerprint density at radius 3 is 2.15 bits per heavy atom. The van der Waals surface area contributed by atoms with Crippen LogP contribution < -0.4 is 10.2 Å². The van der Waals surface area contributed by atoms with E-state index in [0.29, 0.717) is 13.1 Å². The molecule has 146 valence electrons. The third-order valence-corrected chi connectivity index (χ3v) is 4.30. The number of carbonyl (C=O) groups excluding carboxylic acids is 1. The average molecular weight is 362 g/mol. The van der Waals surface area contributed by atoms with Crippen LogP contribution in [-0.4, -0.2) is 75.5 Å². The summed E-state index contributed by atoms with van der Waals surface area (Å²) in [4.78, 5) is 22.8. The molecule has 0 aliphatic heterocycles. The van der Waals surface area contributed by atoms with E-state index >= 15 is 0 Å². The zero-order valence-electron chi connectivity index (χ0n) is 17.2. The summed E-state index contributed by atoms with van der Waals surface area (Å²) < 4.78 is 0. The number of guanidine groups is 1. The molecule has 0 spiro atoms. The Kier molecular flexibility index (Phi) is 9.55. The summed E-state index contributed by atoms with van der Waals surface area (Å²) >= 11 is 0. The van der Waals surface area contributed by atoms with E-state index in [1.54, 1.807) is 0 Å². The SMILES string of the molecule is CCNC(=NCCc1ccc(N(C)C)cc1)N(C)CC(=O)N(CC)CC. The van der Waals surface area contributed by atoms with Crippen molar-refractivity contribution in [2.45, 2.75) is 27.2 Å². The van der Waals surface area contributed by atoms with Gasteiger partial charge in [-0.2, -0.15) is 0 Å². The highest BCUT2D eigenvalue weighted by molar-refractivity contribution is 5.86. The molecule has 6 heteroatoms. The molecule has 0 aliphatic carbocycles. The highest BCUT2D eigenvalue weighted by Gasteiger charge is 2.14. The van der Waals surface area contributed by atoms with Crippen LogP contribution in [0, 0.1) is 0 Å². The molecule has 0 aliphatic rings. The van der Waals surface area contributed by atoms with Crippen molar-refractivity contribution in [3.63, 3.8) is 0 Å². The largest absolute Gasteiger partial charge is 0.378 e. The van der Waals surface area contributed by atoms with Crippen LogP contribution in [0.3, 0.4) is 0 Å². The molecule has 0 atom stereocenters. The standard InChI is InChI=1S/C20H35N5O/c1-7-21-20(24(6)16-19(26)25(8-2)9-3)22-15-14-17-10-12-18(13-11-17)23(4)5/h10-13H,7-9,14-16H2,1-6H3,(H,21,22). The van der Waals surface area contributed by atoms with Crippen LogP contribution in [0.5, 0.6) is 0 Å². The number of rotatable bonds is 9. The number of nitrogens with one attached hydrogen (secondary N) is 1. The molecule has 0 saturated carbocycles. The molecule has 0 fully saturated rings. The molecule has 26 heavy (non-hydrogen) atoms. The van der Waals surface area contributed by atoms with Crippen LogP contribution in [0.2, 0.25) is 0 Å². The molecular weight excluding hydrogens is 326 g/mol. The molecule has 0 aromatic heterocycles. The minimum Gasteiger partial charge on any atom is -0.378 e. The number of likely N-dealkylation sites (N-methyl/N-ethyl adjacent to an activating group) is 2. The average Bonchev–Trinajstić information content (AvgIpc) is 2.62. The molecular formula is C20H35N5O. The van der Waals surface area contributed by atoms with Gasteiger partial charge in [-0.05, 0) is 44.9 Å². The Morgan fingerprint density at radius 1 is 1.04 bits per heavy atom. The normalized spacial score (nSPS) is 11.2. The number of carbonyl (C=O) groups is 1. The van der Waals surface area contributed by atoms with E-state index in [9.17, 15) is 4.79 Å². The zero-order valence-corrected chi connectivity index (χ0v) is 17.2. The van der Waals surface area contributed by atoms with Crippen molar-refractivity contribution in [3.05, 3.63) is 29.8 Å². The molecule has 1 N–H and O–H groups in total. The lowest BCUT2D eigenvalue weighted by atomic mass is 10.1. The van der Waals surface area contributed by atoms with E-state index in [4.69, 9.17) is 0 Å². The summed E-state index contributed by atoms with van der Waals surface area (Å²) in [6, 6.07) is 8.54. The number of aliphatic imine (C=N–C) groups is 1. The Hall–Kier alpha value is -2.24. The van der Waals surface area contributed by atoms with Gasteiger partial charge < -0.3 is 20.0 Å². The van der Waals surface area contributed by atoms with Gasteiger partial charge in [0.1, 0.15) is 0 Å². The predicted octanol–water partition coefficient (Wildman–Crippen LogP) is 2.06. The summed E-state index contributed by atoms with van der Waals surface area (Å²) in [7, 11) is 5.99. The minimum atomic E-state index is 0.127. The van der Waals surface area contributed by atoms with Crippen molar-refractivity contribution in [2.75, 3.05) is 58.8 Å². The monoisotopic (exact) mass is 361 g/mol. The number of hydrogen-bond donors (Lipinski definition) is 1. The Balaban J connectivity index is 2.65. The molecule has 1 rings (SSSR count). The van der Waals surface area contributed by atoms with Crippen LogP contribution >= 0.6 is 0 Å². The third-order valence-electron chi connectivity index (χ3n) is 4.30. The summed E-state index contributed by atoms with van der Waals surface area (Å²) in [6.45, 7) is 9.32. The van der Waals surface area contributed by atoms with E-state index in [-0.39, 0.29) is 5.91 Å². The Bertz CT molecular complexity index is 564. The fourth-order valence-electron chi connectivity index (χ4n) is 2.68. The second-order valence-electron chi connectivity index (χ2n) is 6.47. The summed E-state index contributed by atoms with van der Waals surface area (Å²) in [5.41, 5.74) is 2.46. The smallest absolute Gasteiger partial charge is 0.242 e. The number of benzene rings is 1. The van der Waals surface area contributed by atoms with Crippen molar-refractivity contribution in [1.82, 2.24) is 15.1 Å². The van der Waals surface area contributed by atoms with Gasteiger partial charge in [0, 0.05) is 53.0 Å². The highest BCUT2D eigenvalue weighted by atomic mass is 16.2. The van der Waals surface area contributed by atoms with Gasteiger partial charge in [0.2, 0.25) is 5.91 Å². The fourth-order valence-corrected chi connectivity index (χ4v) is 2.68. The molecule has 1 aromatic rings. The number of nitrogens with zero attached hydrogens (tertiary/aromatic N) is 4. The predicted molar refractivity (Wildman–Crippen MR) is 111 cm³/mol. The fraction of sp³-hybridized carbons (Fsp3) is 0.600. The zero-order chi connectivity index (χ0) is 19.5. The van der Waals surface area contributed by atoms with Gasteiger partial charge in [-0.1, -0.05) is 12.1 Å². The quantitative estimate of drug-likeness (QED) is 0.540. The molecule has 0 unspecified atom stereocenters. The van der Waals surface area contributed by atoms with Crippen molar-refractivity contribution in [2.24, 2.45) is 4.99 Å². The van der Waals surface area contributed by atoms with Gasteiger partial charge in [0.05, 0.1) is 6.54 Å². The van der Waals surface area contributed by atoms with Crippen LogP contribution in [-0.2, 0) is 11.2 Å². The molecule has 0 heterocycles. The maximum atomic E-state index is 12.3. The first kappa shape index (κ1) is 21.8. The van der Waals surface area contributed by atoms with Gasteiger partial charge in [0.15, 0.2) is 5.96 Å². The first-order chi connectivity index (χ1) is 12.4. The van der Waals surface area contributed by atoms with E-state index < -0.39 is 0 Å². The summed E-state index contributed by atoms with van der Waals surface area (Å²) in [5.74, 6) is 0.903. The van der Waals surface area contributed by atoms with Gasteiger partial charge in [-0.3, -0.25) is 9.79 Å². The minimum absolute atomic E-state index is 0.127. The van der Waals surface area contributed by atoms with Gasteiger partial charge in [-0.15, -0.1) is 0 Å². The Morgan fingerprint density at radius 2 is 1.65 bits per heavy atom. The topological polar surface area (TPSA) is 51.2 Å². The number of hydrogen-bond acceptors (Lipinski definition) is 3. The van der Waals surface area contributed by atoms with E-state index in [1.807, 2.05) is 51.7 Å². The van der Waals surface area contributed by atoms with Gasteiger partial charge in [0.25, 0.3) is 0 Å². The molecule has 1 aromatic carbocycles. The van der Waals surface area contributed by atoms with Crippen LogP contribution in [0.4, 0.5) is 5.69 Å². The molecule has 1 amide bonds. The molecule has 0 radical (unpaired) electrons. The number of anilines is 1. The number of amides is 1. The van der Waals surface area contributed by atoms with Crippen molar-refractivity contribution >= 4 is 17.6 Å². The highest BCUT2D eigenvalue weighted by Crippen LogP contribution is 2.12. The van der Waals surface area contributed by atoms with E-state index in [2.05, 4.69) is 39.5 Å². The lowest BCUT2D eigenvalue weighted by Crippen LogP contribution is -2.45. The van der Waals surface area contributed by atoms with Crippen LogP contribution in [0.15, 0.2) is 29.3 Å². The van der Waals surface area contributed by atoms with Gasteiger partial charge >= 0.3 is 0 Å². The van der Waals surface area contributed by atoms with Crippen molar-refractivity contribution in [3.8, 4) is 0 Å². The summed E-state index contributed by atoms with van der Waals surface area (Å²) in [6.07, 6.45) is 0.875. The van der Waals surface area contributed by atoms with E-state index in [1.165, 1.54) is 11.3 Å². The second-order valence-corrected chi connectivity index (χ2v) is 6.47. The Labute approximate surface area is 158 Å². The third kappa shape index (κ3) is 6.94. The lowest BCUT2D eigenvalue weighted by Gasteiger charge is -2.25. The maximum absolute atomic E-state index is 12.3.